The van der Waals surface area contributed by atoms with E-state index in [-0.39, 0.29) is 0 Å². The largest absolute Gasteiger partial charge is 0.256 e. The standard InChI is InChI=1S/C52H34Cl2N2/c53-51-43(21-13-23-45(51)47-33-37(35-15-3-1-4-16-35)27-29-41(47)49-25-9-11-31-55-49)39-19-7-8-20-40(39)44-22-14-24-46(52(44)54)48-34-38(36-17-5-2-6-18-36)28-30-42(48)50-26-10-12-32-56-50/h1-34H. The molecule has 2 aromatic heterocycles. The van der Waals surface area contributed by atoms with Crippen molar-refractivity contribution in [3.05, 3.63) is 217 Å². The first kappa shape index (κ1) is 35.1. The second-order valence-electron chi connectivity index (χ2n) is 13.6. The molecule has 0 bridgehead atoms. The molecule has 0 aliphatic heterocycles. The topological polar surface area (TPSA) is 25.8 Å². The van der Waals surface area contributed by atoms with Crippen molar-refractivity contribution in [3.63, 3.8) is 0 Å². The summed E-state index contributed by atoms with van der Waals surface area (Å²) in [5.41, 5.74) is 15.9. The Balaban J connectivity index is 1.20. The van der Waals surface area contributed by atoms with Gasteiger partial charge in [0.15, 0.2) is 0 Å². The minimum Gasteiger partial charge on any atom is -0.256 e. The fraction of sp³-hybridized carbons (Fsp3) is 0. The van der Waals surface area contributed by atoms with Gasteiger partial charge in [0.1, 0.15) is 0 Å². The third kappa shape index (κ3) is 6.82. The van der Waals surface area contributed by atoms with Crippen LogP contribution in [0.15, 0.2) is 207 Å². The van der Waals surface area contributed by atoms with Crippen LogP contribution in [0.2, 0.25) is 10.0 Å². The van der Waals surface area contributed by atoms with Crippen molar-refractivity contribution in [3.8, 4) is 89.3 Å². The van der Waals surface area contributed by atoms with Gasteiger partial charge in [-0.15, -0.1) is 0 Å². The summed E-state index contributed by atoms with van der Waals surface area (Å²) in [6.07, 6.45) is 3.65. The average molecular weight is 758 g/mol. The van der Waals surface area contributed by atoms with Crippen LogP contribution in [0.25, 0.3) is 89.3 Å². The molecule has 9 aromatic rings. The molecule has 0 fully saturated rings. The van der Waals surface area contributed by atoms with E-state index in [0.29, 0.717) is 10.0 Å². The Morgan fingerprint density at radius 3 is 1.00 bits per heavy atom. The van der Waals surface area contributed by atoms with Gasteiger partial charge in [-0.25, -0.2) is 0 Å². The molecule has 9 rings (SSSR count). The molecule has 2 heterocycles. The number of hydrogen-bond acceptors (Lipinski definition) is 2. The predicted octanol–water partition coefficient (Wildman–Crippen LogP) is 15.1. The second-order valence-corrected chi connectivity index (χ2v) is 14.3. The fourth-order valence-electron chi connectivity index (χ4n) is 7.49. The lowest BCUT2D eigenvalue weighted by atomic mass is 9.88. The molecule has 0 saturated heterocycles. The summed E-state index contributed by atoms with van der Waals surface area (Å²) >= 11 is 15.1. The van der Waals surface area contributed by atoms with Gasteiger partial charge in [0.25, 0.3) is 0 Å². The smallest absolute Gasteiger partial charge is 0.0708 e. The molecule has 0 radical (unpaired) electrons. The van der Waals surface area contributed by atoms with Crippen molar-refractivity contribution in [2.75, 3.05) is 0 Å². The molecule has 4 heteroatoms. The van der Waals surface area contributed by atoms with E-state index in [1.807, 2.05) is 60.9 Å². The van der Waals surface area contributed by atoms with Gasteiger partial charge in [-0.3, -0.25) is 9.97 Å². The maximum Gasteiger partial charge on any atom is 0.0708 e. The van der Waals surface area contributed by atoms with Crippen molar-refractivity contribution in [2.24, 2.45) is 0 Å². The van der Waals surface area contributed by atoms with Crippen molar-refractivity contribution in [2.45, 2.75) is 0 Å². The highest BCUT2D eigenvalue weighted by Crippen LogP contribution is 2.47. The predicted molar refractivity (Wildman–Crippen MR) is 236 cm³/mol. The van der Waals surface area contributed by atoms with E-state index in [9.17, 15) is 0 Å². The lowest BCUT2D eigenvalue weighted by Gasteiger charge is -2.19. The number of pyridine rings is 2. The SMILES string of the molecule is Clc1c(-c2cc(-c3ccccc3)ccc2-c2ccccn2)cccc1-c1ccccc1-c1cccc(-c2cc(-c3ccccc3)ccc2-c2ccccn2)c1Cl. The summed E-state index contributed by atoms with van der Waals surface area (Å²) in [6, 6.07) is 66.7. The monoisotopic (exact) mass is 756 g/mol. The molecular formula is C52H34Cl2N2. The molecule has 0 aliphatic carbocycles. The van der Waals surface area contributed by atoms with Gasteiger partial charge >= 0.3 is 0 Å². The van der Waals surface area contributed by atoms with E-state index in [1.54, 1.807) is 0 Å². The van der Waals surface area contributed by atoms with Gasteiger partial charge in [0.2, 0.25) is 0 Å². The van der Waals surface area contributed by atoms with Crippen LogP contribution in [0.3, 0.4) is 0 Å². The Labute approximate surface area is 337 Å². The summed E-state index contributed by atoms with van der Waals surface area (Å²) in [6.45, 7) is 0. The van der Waals surface area contributed by atoms with Crippen molar-refractivity contribution >= 4 is 23.2 Å². The lowest BCUT2D eigenvalue weighted by Crippen LogP contribution is -1.94. The first-order chi connectivity index (χ1) is 27.6. The van der Waals surface area contributed by atoms with Crippen molar-refractivity contribution < 1.29 is 0 Å². The molecule has 2 nitrogen and oxygen atoms in total. The van der Waals surface area contributed by atoms with Gasteiger partial charge in [-0.1, -0.05) is 181 Å². The molecule has 0 unspecified atom stereocenters. The number of benzene rings is 7. The summed E-state index contributed by atoms with van der Waals surface area (Å²) in [4.78, 5) is 9.46. The first-order valence-electron chi connectivity index (χ1n) is 18.5. The molecule has 0 saturated carbocycles. The third-order valence-corrected chi connectivity index (χ3v) is 11.0. The quantitative estimate of drug-likeness (QED) is 0.154. The maximum absolute atomic E-state index is 7.57. The van der Waals surface area contributed by atoms with Crippen molar-refractivity contribution in [1.82, 2.24) is 9.97 Å². The normalized spacial score (nSPS) is 11.0. The third-order valence-electron chi connectivity index (χ3n) is 10.2. The van der Waals surface area contributed by atoms with E-state index in [4.69, 9.17) is 33.2 Å². The van der Waals surface area contributed by atoms with Crippen LogP contribution in [-0.2, 0) is 0 Å². The molecule has 0 spiro atoms. The number of halogens is 2. The summed E-state index contributed by atoms with van der Waals surface area (Å²) in [5, 5.41) is 1.31. The van der Waals surface area contributed by atoms with Crippen LogP contribution in [-0.4, -0.2) is 9.97 Å². The summed E-state index contributed by atoms with van der Waals surface area (Å²) in [7, 11) is 0. The maximum atomic E-state index is 7.57. The number of rotatable bonds is 8. The molecule has 56 heavy (non-hydrogen) atoms. The Kier molecular flexibility index (Phi) is 9.82. The highest BCUT2D eigenvalue weighted by Gasteiger charge is 2.21. The van der Waals surface area contributed by atoms with E-state index >= 15 is 0 Å². The molecule has 0 atom stereocenters. The zero-order chi connectivity index (χ0) is 37.8. The van der Waals surface area contributed by atoms with Crippen LogP contribution in [0.4, 0.5) is 0 Å². The minimum atomic E-state index is 0.655. The molecular weight excluding hydrogens is 723 g/mol. The zero-order valence-corrected chi connectivity index (χ0v) is 31.8. The molecule has 7 aromatic carbocycles. The highest BCUT2D eigenvalue weighted by molar-refractivity contribution is 6.38. The Hall–Kier alpha value is -6.58. The summed E-state index contributed by atoms with van der Waals surface area (Å²) < 4.78 is 0. The van der Waals surface area contributed by atoms with Crippen LogP contribution in [0.5, 0.6) is 0 Å². The Bertz CT molecular complexity index is 2610. The Morgan fingerprint density at radius 2 is 0.607 bits per heavy atom. The Morgan fingerprint density at radius 1 is 0.250 bits per heavy atom. The molecule has 0 amide bonds. The van der Waals surface area contributed by atoms with E-state index in [1.165, 1.54) is 0 Å². The number of hydrogen-bond donors (Lipinski definition) is 0. The zero-order valence-electron chi connectivity index (χ0n) is 30.3. The fourth-order valence-corrected chi connectivity index (χ4v) is 8.15. The van der Waals surface area contributed by atoms with Crippen molar-refractivity contribution in [1.29, 1.82) is 0 Å². The lowest BCUT2D eigenvalue weighted by molar-refractivity contribution is 1.33. The van der Waals surface area contributed by atoms with Crippen LogP contribution >= 0.6 is 23.2 Å². The second kappa shape index (κ2) is 15.6. The van der Waals surface area contributed by atoms with E-state index < -0.39 is 0 Å². The van der Waals surface area contributed by atoms with E-state index in [0.717, 1.165) is 89.3 Å². The number of nitrogens with zero attached hydrogens (tertiary/aromatic N) is 2. The van der Waals surface area contributed by atoms with Gasteiger partial charge in [0, 0.05) is 45.8 Å². The summed E-state index contributed by atoms with van der Waals surface area (Å²) in [5.74, 6) is 0. The van der Waals surface area contributed by atoms with Gasteiger partial charge in [0.05, 0.1) is 21.4 Å². The first-order valence-corrected chi connectivity index (χ1v) is 19.3. The van der Waals surface area contributed by atoms with Gasteiger partial charge in [-0.05, 0) is 80.9 Å². The molecule has 0 aliphatic rings. The number of aromatic nitrogens is 2. The van der Waals surface area contributed by atoms with Crippen LogP contribution in [0.1, 0.15) is 0 Å². The molecule has 266 valence electrons. The van der Waals surface area contributed by atoms with Crippen LogP contribution < -0.4 is 0 Å². The van der Waals surface area contributed by atoms with Gasteiger partial charge < -0.3 is 0 Å². The highest BCUT2D eigenvalue weighted by atomic mass is 35.5. The molecule has 0 N–H and O–H groups in total. The van der Waals surface area contributed by atoms with Gasteiger partial charge in [-0.2, -0.15) is 0 Å². The van der Waals surface area contributed by atoms with Crippen LogP contribution in [0, 0.1) is 0 Å². The minimum absolute atomic E-state index is 0.655. The average Bonchev–Trinajstić information content (AvgIpc) is 3.27. The van der Waals surface area contributed by atoms with E-state index in [2.05, 4.69) is 146 Å².